The zero-order valence-corrected chi connectivity index (χ0v) is 6.27. The largest absolute Gasteiger partial charge is 0.483 e. The highest BCUT2D eigenvalue weighted by atomic mass is 16.5. The number of nitrogens with zero attached hydrogens (tertiary/aromatic N) is 3. The molecule has 0 spiro atoms. The summed E-state index contributed by atoms with van der Waals surface area (Å²) >= 11 is 0. The van der Waals surface area contributed by atoms with Gasteiger partial charge in [0, 0.05) is 12.4 Å². The molecule has 1 aromatic heterocycles. The van der Waals surface area contributed by atoms with Crippen molar-refractivity contribution in [2.75, 3.05) is 6.61 Å². The van der Waals surface area contributed by atoms with Crippen LogP contribution < -0.4 is 0 Å². The van der Waals surface area contributed by atoms with E-state index in [1.165, 1.54) is 6.40 Å². The molecule has 0 aromatic carbocycles. The second-order valence-corrected chi connectivity index (χ2v) is 1.74. The predicted molar refractivity (Wildman–Crippen MR) is 41.8 cm³/mol. The Morgan fingerprint density at radius 1 is 1.55 bits per heavy atom. The minimum atomic E-state index is 0.418. The molecule has 4 nitrogen and oxygen atoms in total. The average Bonchev–Trinajstić information content (AvgIpc) is 2.07. The summed E-state index contributed by atoms with van der Waals surface area (Å²) in [6.45, 7) is 2.49. The van der Waals surface area contributed by atoms with Gasteiger partial charge in [-0.05, 0) is 13.0 Å². The number of rotatable bonds is 3. The number of aromatic nitrogens is 2. The van der Waals surface area contributed by atoms with Crippen molar-refractivity contribution < 1.29 is 4.74 Å². The van der Waals surface area contributed by atoms with Crippen molar-refractivity contribution >= 4 is 12.3 Å². The Bertz CT molecular complexity index is 222. The van der Waals surface area contributed by atoms with Crippen LogP contribution in [0.15, 0.2) is 23.5 Å². The van der Waals surface area contributed by atoms with Crippen molar-refractivity contribution in [1.29, 1.82) is 0 Å². The Balaban J connectivity index is 2.50. The molecule has 0 unspecified atom stereocenters. The third kappa shape index (κ3) is 2.75. The number of hydrogen-bond acceptors (Lipinski definition) is 4. The van der Waals surface area contributed by atoms with Crippen LogP contribution in [-0.4, -0.2) is 23.0 Å². The van der Waals surface area contributed by atoms with Gasteiger partial charge in [-0.2, -0.15) is 4.99 Å². The highest BCUT2D eigenvalue weighted by Gasteiger charge is 1.84. The molecule has 0 saturated carbocycles. The molecule has 1 rings (SSSR count). The maximum absolute atomic E-state index is 4.87. The fourth-order valence-electron chi connectivity index (χ4n) is 0.517. The normalized spacial score (nSPS) is 10.3. The van der Waals surface area contributed by atoms with Crippen LogP contribution in [0.1, 0.15) is 6.92 Å². The monoisotopic (exact) mass is 151 g/mol. The first-order valence-electron chi connectivity index (χ1n) is 3.34. The highest BCUT2D eigenvalue weighted by Crippen LogP contribution is 1.96. The maximum atomic E-state index is 4.87. The molecule has 0 amide bonds. The summed E-state index contributed by atoms with van der Waals surface area (Å²) in [5.41, 5.74) is 0. The molecule has 1 aromatic rings. The summed E-state index contributed by atoms with van der Waals surface area (Å²) in [5, 5.41) is 0. The van der Waals surface area contributed by atoms with Gasteiger partial charge >= 0.3 is 0 Å². The van der Waals surface area contributed by atoms with E-state index >= 15 is 0 Å². The van der Waals surface area contributed by atoms with E-state index in [0.717, 1.165) is 0 Å². The summed E-state index contributed by atoms with van der Waals surface area (Å²) in [6.07, 6.45) is 4.60. The van der Waals surface area contributed by atoms with Crippen molar-refractivity contribution in [2.45, 2.75) is 6.92 Å². The first-order valence-corrected chi connectivity index (χ1v) is 3.34. The third-order valence-electron chi connectivity index (χ3n) is 0.962. The molecule has 0 bridgehead atoms. The third-order valence-corrected chi connectivity index (χ3v) is 0.962. The van der Waals surface area contributed by atoms with E-state index in [1.807, 2.05) is 6.92 Å². The summed E-state index contributed by atoms with van der Waals surface area (Å²) in [5.74, 6) is 0.418. The van der Waals surface area contributed by atoms with E-state index in [1.54, 1.807) is 18.5 Å². The van der Waals surface area contributed by atoms with Crippen LogP contribution in [0.2, 0.25) is 0 Å². The van der Waals surface area contributed by atoms with Crippen LogP contribution in [0, 0.1) is 0 Å². The van der Waals surface area contributed by atoms with Crippen molar-refractivity contribution in [2.24, 2.45) is 4.99 Å². The van der Waals surface area contributed by atoms with Crippen LogP contribution in [0.25, 0.3) is 0 Å². The highest BCUT2D eigenvalue weighted by molar-refractivity contribution is 5.50. The fraction of sp³-hybridized carbons (Fsp3) is 0.286. The molecule has 0 N–H and O–H groups in total. The van der Waals surface area contributed by atoms with Crippen molar-refractivity contribution in [3.05, 3.63) is 18.5 Å². The first-order chi connectivity index (χ1) is 5.43. The van der Waals surface area contributed by atoms with E-state index in [9.17, 15) is 0 Å². The van der Waals surface area contributed by atoms with Crippen LogP contribution in [0.5, 0.6) is 0 Å². The molecule has 11 heavy (non-hydrogen) atoms. The van der Waals surface area contributed by atoms with Gasteiger partial charge in [0.25, 0.3) is 5.95 Å². The number of ether oxygens (including phenoxy) is 1. The van der Waals surface area contributed by atoms with Gasteiger partial charge < -0.3 is 4.74 Å². The van der Waals surface area contributed by atoms with Gasteiger partial charge in [-0.25, -0.2) is 9.97 Å². The van der Waals surface area contributed by atoms with Crippen LogP contribution in [0.4, 0.5) is 5.95 Å². The Morgan fingerprint density at radius 3 is 2.91 bits per heavy atom. The number of aliphatic imine (C=N–C) groups is 1. The van der Waals surface area contributed by atoms with Crippen LogP contribution >= 0.6 is 0 Å². The van der Waals surface area contributed by atoms with Gasteiger partial charge in [-0.3, -0.25) is 0 Å². The van der Waals surface area contributed by atoms with E-state index in [0.29, 0.717) is 12.6 Å². The average molecular weight is 151 g/mol. The lowest BCUT2D eigenvalue weighted by molar-refractivity contribution is 0.343. The summed E-state index contributed by atoms with van der Waals surface area (Å²) < 4.78 is 4.87. The summed E-state index contributed by atoms with van der Waals surface area (Å²) in [4.78, 5) is 11.5. The Kier molecular flexibility index (Phi) is 3.05. The lowest BCUT2D eigenvalue weighted by Gasteiger charge is -1.90. The van der Waals surface area contributed by atoms with Gasteiger partial charge in [0.15, 0.2) is 6.40 Å². The van der Waals surface area contributed by atoms with Gasteiger partial charge in [0.05, 0.1) is 6.61 Å². The van der Waals surface area contributed by atoms with E-state index in [2.05, 4.69) is 15.0 Å². The predicted octanol–water partition coefficient (Wildman–Crippen LogP) is 1.17. The minimum Gasteiger partial charge on any atom is -0.483 e. The first kappa shape index (κ1) is 7.65. The topological polar surface area (TPSA) is 47.4 Å². The van der Waals surface area contributed by atoms with Gasteiger partial charge in [0.1, 0.15) is 0 Å². The molecule has 0 saturated heterocycles. The van der Waals surface area contributed by atoms with Gasteiger partial charge in [-0.1, -0.05) is 0 Å². The summed E-state index contributed by atoms with van der Waals surface area (Å²) in [6, 6.07) is 1.74. The molecule has 0 radical (unpaired) electrons. The van der Waals surface area contributed by atoms with Crippen LogP contribution in [-0.2, 0) is 4.74 Å². The van der Waals surface area contributed by atoms with E-state index in [-0.39, 0.29) is 0 Å². The van der Waals surface area contributed by atoms with Crippen molar-refractivity contribution in [1.82, 2.24) is 9.97 Å². The van der Waals surface area contributed by atoms with Gasteiger partial charge in [0.2, 0.25) is 0 Å². The lowest BCUT2D eigenvalue weighted by atomic mass is 10.7. The quantitative estimate of drug-likeness (QED) is 0.481. The smallest absolute Gasteiger partial charge is 0.252 e. The molecule has 4 heteroatoms. The molecule has 1 heterocycles. The Hall–Kier alpha value is -1.45. The molecule has 0 atom stereocenters. The molecule has 58 valence electrons. The van der Waals surface area contributed by atoms with Crippen molar-refractivity contribution in [3.63, 3.8) is 0 Å². The Labute approximate surface area is 65.0 Å². The molecular weight excluding hydrogens is 142 g/mol. The van der Waals surface area contributed by atoms with Crippen molar-refractivity contribution in [3.8, 4) is 0 Å². The van der Waals surface area contributed by atoms with E-state index in [4.69, 9.17) is 4.74 Å². The fourth-order valence-corrected chi connectivity index (χ4v) is 0.517. The SMILES string of the molecule is CCOC=Nc1ncccn1. The Morgan fingerprint density at radius 2 is 2.27 bits per heavy atom. The molecule has 0 aliphatic rings. The number of hydrogen-bond donors (Lipinski definition) is 0. The maximum Gasteiger partial charge on any atom is 0.252 e. The second kappa shape index (κ2) is 4.38. The lowest BCUT2D eigenvalue weighted by Crippen LogP contribution is -1.85. The van der Waals surface area contributed by atoms with Gasteiger partial charge in [-0.15, -0.1) is 0 Å². The molecule has 0 aliphatic carbocycles. The standard InChI is InChI=1S/C7H9N3O/c1-2-11-6-10-7-8-4-3-5-9-7/h3-6H,2H2,1H3. The van der Waals surface area contributed by atoms with Crippen LogP contribution in [0.3, 0.4) is 0 Å². The summed E-state index contributed by atoms with van der Waals surface area (Å²) in [7, 11) is 0. The minimum absolute atomic E-state index is 0.418. The molecule has 0 aliphatic heterocycles. The zero-order chi connectivity index (χ0) is 7.94. The molecule has 0 fully saturated rings. The molecular formula is C7H9N3O. The van der Waals surface area contributed by atoms with E-state index < -0.39 is 0 Å². The second-order valence-electron chi connectivity index (χ2n) is 1.74. The zero-order valence-electron chi connectivity index (χ0n) is 6.27.